The van der Waals surface area contributed by atoms with Crippen molar-refractivity contribution >= 4 is 33.4 Å². The lowest BCUT2D eigenvalue weighted by atomic mass is 9.62. The van der Waals surface area contributed by atoms with E-state index in [-0.39, 0.29) is 45.7 Å². The van der Waals surface area contributed by atoms with Crippen LogP contribution in [0.1, 0.15) is 57.1 Å². The van der Waals surface area contributed by atoms with Gasteiger partial charge in [0.2, 0.25) is 0 Å². The van der Waals surface area contributed by atoms with Crippen LogP contribution in [0.2, 0.25) is 10.0 Å². The summed E-state index contributed by atoms with van der Waals surface area (Å²) in [5.41, 5.74) is -1.91. The number of rotatable bonds is 7. The molecule has 2 fully saturated rings. The lowest BCUT2D eigenvalue weighted by Gasteiger charge is -2.38. The minimum atomic E-state index is -3.83. The summed E-state index contributed by atoms with van der Waals surface area (Å²) in [6.45, 7) is 6.26. The van der Waals surface area contributed by atoms with Gasteiger partial charge in [-0.15, -0.1) is 0 Å². The standard InChI is InChI=1S/C28H35Cl2F2N5O3S/c1-27(2,3)14-22-28(15-33,19-8-7-16(29)13-21(19)31)23(18-5-4-6-20(30)24(18)32)25(36-22)26(38)35-17-9-11-37(12-10-17)41(34,39)40/h4-8,13,17,22-23,25-26,35-36,38H,9-12,14H2,1-3H3,(H2,34,39,40). The van der Waals surface area contributed by atoms with Crippen molar-refractivity contribution in [1.29, 1.82) is 5.26 Å². The number of nitriles is 1. The van der Waals surface area contributed by atoms with Crippen LogP contribution in [0.3, 0.4) is 0 Å². The molecule has 0 radical (unpaired) electrons. The molecule has 2 heterocycles. The highest BCUT2D eigenvalue weighted by Gasteiger charge is 2.61. The smallest absolute Gasteiger partial charge is 0.276 e. The van der Waals surface area contributed by atoms with Crippen LogP contribution in [-0.4, -0.2) is 55.3 Å². The van der Waals surface area contributed by atoms with Gasteiger partial charge in [-0.25, -0.2) is 13.9 Å². The Bertz CT molecular complexity index is 1430. The highest BCUT2D eigenvalue weighted by molar-refractivity contribution is 7.86. The fourth-order valence-corrected chi connectivity index (χ4v) is 7.34. The molecule has 2 aromatic carbocycles. The number of benzene rings is 2. The lowest BCUT2D eigenvalue weighted by Crippen LogP contribution is -2.55. The molecule has 5 atom stereocenters. The number of hydrogen-bond donors (Lipinski definition) is 4. The molecule has 0 bridgehead atoms. The first-order chi connectivity index (χ1) is 19.1. The fraction of sp³-hybridized carbons (Fsp3) is 0.536. The topological polar surface area (TPSA) is 131 Å². The molecule has 0 aromatic heterocycles. The van der Waals surface area contributed by atoms with Crippen molar-refractivity contribution in [3.05, 3.63) is 69.2 Å². The predicted molar refractivity (Wildman–Crippen MR) is 154 cm³/mol. The van der Waals surface area contributed by atoms with Crippen LogP contribution in [0.25, 0.3) is 0 Å². The molecular formula is C28H35Cl2F2N5O3S. The van der Waals surface area contributed by atoms with Crippen LogP contribution in [0.5, 0.6) is 0 Å². The first kappa shape index (κ1) is 32.0. The van der Waals surface area contributed by atoms with Gasteiger partial charge in [-0.05, 0) is 48.4 Å². The van der Waals surface area contributed by atoms with E-state index in [4.69, 9.17) is 28.3 Å². The van der Waals surface area contributed by atoms with E-state index < -0.39 is 51.5 Å². The highest BCUT2D eigenvalue weighted by atomic mass is 35.5. The summed E-state index contributed by atoms with van der Waals surface area (Å²) in [5.74, 6) is -2.56. The molecule has 0 amide bonds. The third kappa shape index (κ3) is 6.55. The van der Waals surface area contributed by atoms with E-state index in [0.717, 1.165) is 6.07 Å². The second kappa shape index (κ2) is 12.0. The third-order valence-electron chi connectivity index (χ3n) is 8.05. The molecule has 13 heteroatoms. The molecular weight excluding hydrogens is 595 g/mol. The molecule has 0 saturated carbocycles. The predicted octanol–water partition coefficient (Wildman–Crippen LogP) is 4.17. The van der Waals surface area contributed by atoms with Crippen LogP contribution in [0.15, 0.2) is 36.4 Å². The zero-order valence-electron chi connectivity index (χ0n) is 23.0. The Balaban J connectivity index is 1.82. The number of piperidine rings is 1. The Labute approximate surface area is 250 Å². The largest absolute Gasteiger partial charge is 0.377 e. The summed E-state index contributed by atoms with van der Waals surface area (Å²) < 4.78 is 56.1. The van der Waals surface area contributed by atoms with Gasteiger partial charge in [-0.1, -0.05) is 62.2 Å². The van der Waals surface area contributed by atoms with Crippen molar-refractivity contribution < 1.29 is 22.3 Å². The van der Waals surface area contributed by atoms with Gasteiger partial charge in [0.25, 0.3) is 10.2 Å². The van der Waals surface area contributed by atoms with Gasteiger partial charge in [-0.3, -0.25) is 5.32 Å². The molecule has 2 saturated heterocycles. The molecule has 2 aliphatic heterocycles. The van der Waals surface area contributed by atoms with Crippen LogP contribution < -0.4 is 15.8 Å². The van der Waals surface area contributed by atoms with Crippen LogP contribution >= 0.6 is 23.2 Å². The number of halogens is 4. The maximum atomic E-state index is 15.8. The minimum Gasteiger partial charge on any atom is -0.377 e. The van der Waals surface area contributed by atoms with E-state index in [1.165, 1.54) is 28.6 Å². The Morgan fingerprint density at radius 3 is 2.46 bits per heavy atom. The lowest BCUT2D eigenvalue weighted by molar-refractivity contribution is 0.0694. The number of nitrogens with zero attached hydrogens (tertiary/aromatic N) is 2. The Kier molecular flexibility index (Phi) is 9.39. The minimum absolute atomic E-state index is 0.0340. The van der Waals surface area contributed by atoms with E-state index in [9.17, 15) is 18.8 Å². The van der Waals surface area contributed by atoms with Crippen LogP contribution in [-0.2, 0) is 15.6 Å². The molecule has 224 valence electrons. The monoisotopic (exact) mass is 629 g/mol. The van der Waals surface area contributed by atoms with Gasteiger partial charge >= 0.3 is 0 Å². The van der Waals surface area contributed by atoms with Gasteiger partial charge < -0.3 is 10.4 Å². The average Bonchev–Trinajstić information content (AvgIpc) is 3.18. The number of aliphatic hydroxyl groups excluding tert-OH is 1. The summed E-state index contributed by atoms with van der Waals surface area (Å²) in [7, 11) is -3.83. The summed E-state index contributed by atoms with van der Waals surface area (Å²) in [4.78, 5) is 0. The maximum Gasteiger partial charge on any atom is 0.276 e. The van der Waals surface area contributed by atoms with Gasteiger partial charge in [0.1, 0.15) is 23.3 Å². The van der Waals surface area contributed by atoms with Crippen molar-refractivity contribution in [3.8, 4) is 6.07 Å². The van der Waals surface area contributed by atoms with E-state index in [2.05, 4.69) is 16.7 Å². The summed E-state index contributed by atoms with van der Waals surface area (Å²) >= 11 is 12.3. The molecule has 0 aliphatic carbocycles. The number of aliphatic hydroxyl groups is 1. The van der Waals surface area contributed by atoms with Gasteiger partial charge in [-0.2, -0.15) is 18.0 Å². The summed E-state index contributed by atoms with van der Waals surface area (Å²) in [6, 6.07) is 8.88. The van der Waals surface area contributed by atoms with Crippen molar-refractivity contribution in [2.75, 3.05) is 13.1 Å². The normalized spacial score (nSPS) is 27.1. The third-order valence-corrected chi connectivity index (χ3v) is 9.66. The first-order valence-corrected chi connectivity index (χ1v) is 15.6. The summed E-state index contributed by atoms with van der Waals surface area (Å²) in [5, 5.41) is 34.3. The second-order valence-corrected chi connectivity index (χ2v) is 14.5. The Morgan fingerprint density at radius 1 is 1.24 bits per heavy atom. The van der Waals surface area contributed by atoms with Crippen molar-refractivity contribution in [3.63, 3.8) is 0 Å². The molecule has 5 N–H and O–H groups in total. The van der Waals surface area contributed by atoms with E-state index in [1.807, 2.05) is 20.8 Å². The zero-order valence-corrected chi connectivity index (χ0v) is 25.4. The molecule has 2 aromatic rings. The van der Waals surface area contributed by atoms with Crippen molar-refractivity contribution in [2.45, 2.75) is 75.7 Å². The zero-order chi connectivity index (χ0) is 30.3. The quantitative estimate of drug-likeness (QED) is 0.340. The van der Waals surface area contributed by atoms with Crippen molar-refractivity contribution in [1.82, 2.24) is 14.9 Å². The molecule has 5 unspecified atom stereocenters. The second-order valence-electron chi connectivity index (χ2n) is 12.1. The van der Waals surface area contributed by atoms with Crippen LogP contribution in [0.4, 0.5) is 8.78 Å². The highest BCUT2D eigenvalue weighted by Crippen LogP contribution is 2.53. The van der Waals surface area contributed by atoms with Crippen molar-refractivity contribution in [2.24, 2.45) is 10.6 Å². The maximum absolute atomic E-state index is 15.8. The number of nitrogens with one attached hydrogen (secondary N) is 2. The molecule has 0 spiro atoms. The molecule has 41 heavy (non-hydrogen) atoms. The molecule has 8 nitrogen and oxygen atoms in total. The van der Waals surface area contributed by atoms with E-state index >= 15 is 8.78 Å². The van der Waals surface area contributed by atoms with E-state index in [1.54, 1.807) is 6.07 Å². The Hall–Kier alpha value is -1.88. The molecule has 2 aliphatic rings. The summed E-state index contributed by atoms with van der Waals surface area (Å²) in [6.07, 6.45) is -0.191. The van der Waals surface area contributed by atoms with Gasteiger partial charge in [0.05, 0.1) is 17.1 Å². The number of nitrogens with two attached hydrogens (primary N) is 1. The van der Waals surface area contributed by atoms with Gasteiger partial charge in [0.15, 0.2) is 0 Å². The van der Waals surface area contributed by atoms with Gasteiger partial charge in [0, 0.05) is 41.7 Å². The molecule has 4 rings (SSSR count). The average molecular weight is 631 g/mol. The van der Waals surface area contributed by atoms with Crippen LogP contribution in [0, 0.1) is 28.4 Å². The fourth-order valence-electron chi connectivity index (χ4n) is 6.28. The number of hydrogen-bond acceptors (Lipinski definition) is 6. The van der Waals surface area contributed by atoms with E-state index in [0.29, 0.717) is 19.3 Å². The first-order valence-electron chi connectivity index (χ1n) is 13.4. The SMILES string of the molecule is CC(C)(C)CC1NC(C(O)NC2CCN(S(N)(=O)=O)CC2)C(c2cccc(Cl)c2F)C1(C#N)c1ccc(Cl)cc1F. The Morgan fingerprint density at radius 2 is 1.90 bits per heavy atom.